The molecule has 0 aliphatic heterocycles. The Morgan fingerprint density at radius 3 is 2.09 bits per heavy atom. The van der Waals surface area contributed by atoms with Crippen molar-refractivity contribution in [2.45, 2.75) is 19.4 Å². The lowest BCUT2D eigenvalue weighted by Gasteiger charge is -2.23. The molecule has 23 heavy (non-hydrogen) atoms. The maximum absolute atomic E-state index is 11.3. The Morgan fingerprint density at radius 1 is 0.957 bits per heavy atom. The number of hydrogen-bond donors (Lipinski definition) is 2. The van der Waals surface area contributed by atoms with E-state index in [1.807, 2.05) is 42.5 Å². The molecule has 2 nitrogen and oxygen atoms in total. The first-order chi connectivity index (χ1) is 11.1. The van der Waals surface area contributed by atoms with Crippen molar-refractivity contribution < 1.29 is 10.0 Å². The van der Waals surface area contributed by atoms with Crippen molar-refractivity contribution in [3.8, 4) is 11.8 Å². The summed E-state index contributed by atoms with van der Waals surface area (Å²) in [5.74, 6) is 6.26. The highest BCUT2D eigenvalue weighted by Crippen LogP contribution is 2.29. The van der Waals surface area contributed by atoms with E-state index in [1.165, 1.54) is 4.90 Å². The molecule has 0 saturated carbocycles. The van der Waals surface area contributed by atoms with E-state index >= 15 is 0 Å². The Morgan fingerprint density at radius 2 is 1.52 bits per heavy atom. The summed E-state index contributed by atoms with van der Waals surface area (Å²) >= 11 is 5.97. The average molecular weight is 329 g/mol. The number of quaternary nitrogens is 1. The minimum atomic E-state index is -1.32. The molecule has 0 radical (unpaired) electrons. The van der Waals surface area contributed by atoms with Crippen LogP contribution in [0.3, 0.4) is 0 Å². The van der Waals surface area contributed by atoms with Crippen LogP contribution in [-0.2, 0) is 5.60 Å². The minimum Gasteiger partial charge on any atom is -0.369 e. The van der Waals surface area contributed by atoms with Crippen molar-refractivity contribution in [2.75, 3.05) is 19.6 Å². The van der Waals surface area contributed by atoms with Gasteiger partial charge in [0.1, 0.15) is 6.54 Å². The van der Waals surface area contributed by atoms with Gasteiger partial charge < -0.3 is 10.0 Å². The van der Waals surface area contributed by atoms with E-state index in [9.17, 15) is 5.11 Å². The topological polar surface area (TPSA) is 24.7 Å². The van der Waals surface area contributed by atoms with Gasteiger partial charge in [0.15, 0.2) is 5.60 Å². The quantitative estimate of drug-likeness (QED) is 0.810. The van der Waals surface area contributed by atoms with Crippen LogP contribution in [0.5, 0.6) is 0 Å². The SMILES string of the molecule is CC[NH+](CC)CC#C[C@](O)(c1ccccc1)c1ccc(Cl)cc1. The Kier molecular flexibility index (Phi) is 6.24. The van der Waals surface area contributed by atoms with Gasteiger partial charge in [0.05, 0.1) is 13.1 Å². The number of hydrogen-bond acceptors (Lipinski definition) is 1. The molecule has 0 aromatic heterocycles. The lowest BCUT2D eigenvalue weighted by molar-refractivity contribution is -0.889. The summed E-state index contributed by atoms with van der Waals surface area (Å²) in [5.41, 5.74) is 0.179. The van der Waals surface area contributed by atoms with Crippen molar-refractivity contribution in [2.24, 2.45) is 0 Å². The standard InChI is InChI=1S/C20H22ClNO/c1-3-22(4-2)16-8-15-20(23,17-9-6-5-7-10-17)18-11-13-19(21)14-12-18/h5-7,9-14,23H,3-4,16H2,1-2H3/p+1/t20-/m0/s1. The lowest BCUT2D eigenvalue weighted by atomic mass is 9.87. The molecular weight excluding hydrogens is 306 g/mol. The average Bonchev–Trinajstić information content (AvgIpc) is 2.60. The third kappa shape index (κ3) is 4.36. The molecular formula is C20H23ClNO+. The predicted octanol–water partition coefficient (Wildman–Crippen LogP) is 2.50. The van der Waals surface area contributed by atoms with Crippen LogP contribution in [-0.4, -0.2) is 24.7 Å². The van der Waals surface area contributed by atoms with Crippen LogP contribution < -0.4 is 4.90 Å². The maximum Gasteiger partial charge on any atom is 0.177 e. The monoisotopic (exact) mass is 328 g/mol. The smallest absolute Gasteiger partial charge is 0.177 e. The third-order valence-electron chi connectivity index (χ3n) is 4.06. The molecule has 0 spiro atoms. The zero-order valence-electron chi connectivity index (χ0n) is 13.6. The van der Waals surface area contributed by atoms with Crippen LogP contribution in [0.2, 0.25) is 5.02 Å². The highest BCUT2D eigenvalue weighted by Gasteiger charge is 2.29. The van der Waals surface area contributed by atoms with Gasteiger partial charge in [0.25, 0.3) is 0 Å². The molecule has 0 fully saturated rings. The van der Waals surface area contributed by atoms with E-state index in [1.54, 1.807) is 12.1 Å². The van der Waals surface area contributed by atoms with E-state index in [4.69, 9.17) is 11.6 Å². The fourth-order valence-corrected chi connectivity index (χ4v) is 2.60. The second-order valence-electron chi connectivity index (χ2n) is 5.52. The molecule has 0 aliphatic carbocycles. The summed E-state index contributed by atoms with van der Waals surface area (Å²) in [6, 6.07) is 16.8. The fraction of sp³-hybridized carbons (Fsp3) is 0.300. The van der Waals surface area contributed by atoms with Gasteiger partial charge in [-0.05, 0) is 31.9 Å². The Hall–Kier alpha value is -1.79. The Labute approximate surface area is 143 Å². The molecule has 2 rings (SSSR count). The predicted molar refractivity (Wildman–Crippen MR) is 95.6 cm³/mol. The summed E-state index contributed by atoms with van der Waals surface area (Å²) in [6.07, 6.45) is 0. The summed E-state index contributed by atoms with van der Waals surface area (Å²) in [5, 5.41) is 11.9. The number of halogens is 1. The van der Waals surface area contributed by atoms with Gasteiger partial charge >= 0.3 is 0 Å². The van der Waals surface area contributed by atoms with Gasteiger partial charge in [-0.15, -0.1) is 0 Å². The van der Waals surface area contributed by atoms with E-state index in [2.05, 4.69) is 25.7 Å². The van der Waals surface area contributed by atoms with Gasteiger partial charge in [-0.3, -0.25) is 0 Å². The first kappa shape index (κ1) is 17.6. The van der Waals surface area contributed by atoms with Crippen LogP contribution in [0.15, 0.2) is 54.6 Å². The lowest BCUT2D eigenvalue weighted by Crippen LogP contribution is -3.11. The molecule has 0 unspecified atom stereocenters. The number of rotatable bonds is 5. The van der Waals surface area contributed by atoms with Crippen LogP contribution in [0, 0.1) is 11.8 Å². The normalized spacial score (nSPS) is 13.3. The second kappa shape index (κ2) is 8.17. The molecule has 2 aromatic rings. The molecule has 0 aliphatic rings. The highest BCUT2D eigenvalue weighted by molar-refractivity contribution is 6.30. The molecule has 3 heteroatoms. The Bertz CT molecular complexity index is 668. The van der Waals surface area contributed by atoms with Crippen molar-refractivity contribution in [1.29, 1.82) is 0 Å². The van der Waals surface area contributed by atoms with E-state index in [-0.39, 0.29) is 0 Å². The largest absolute Gasteiger partial charge is 0.369 e. The summed E-state index contributed by atoms with van der Waals surface area (Å²) < 4.78 is 0. The second-order valence-corrected chi connectivity index (χ2v) is 5.96. The van der Waals surface area contributed by atoms with Crippen molar-refractivity contribution >= 4 is 11.6 Å². The van der Waals surface area contributed by atoms with Crippen molar-refractivity contribution in [3.63, 3.8) is 0 Å². The number of nitrogens with one attached hydrogen (secondary N) is 1. The zero-order valence-corrected chi connectivity index (χ0v) is 14.4. The van der Waals surface area contributed by atoms with Gasteiger partial charge in [-0.25, -0.2) is 0 Å². The van der Waals surface area contributed by atoms with E-state index < -0.39 is 5.60 Å². The van der Waals surface area contributed by atoms with Crippen LogP contribution >= 0.6 is 11.6 Å². The summed E-state index contributed by atoms with van der Waals surface area (Å²) in [7, 11) is 0. The molecule has 0 bridgehead atoms. The maximum atomic E-state index is 11.3. The molecule has 2 aromatic carbocycles. The van der Waals surface area contributed by atoms with Gasteiger partial charge in [0.2, 0.25) is 0 Å². The molecule has 0 heterocycles. The molecule has 2 N–H and O–H groups in total. The van der Waals surface area contributed by atoms with Gasteiger partial charge in [-0.1, -0.05) is 60.0 Å². The van der Waals surface area contributed by atoms with Crippen LogP contribution in [0.1, 0.15) is 25.0 Å². The van der Waals surface area contributed by atoms with Crippen LogP contribution in [0.4, 0.5) is 0 Å². The summed E-state index contributed by atoms with van der Waals surface area (Å²) in [6.45, 7) is 7.05. The van der Waals surface area contributed by atoms with Crippen LogP contribution in [0.25, 0.3) is 0 Å². The molecule has 0 amide bonds. The van der Waals surface area contributed by atoms with Crippen molar-refractivity contribution in [1.82, 2.24) is 0 Å². The van der Waals surface area contributed by atoms with Crippen molar-refractivity contribution in [3.05, 3.63) is 70.7 Å². The molecule has 120 valence electrons. The third-order valence-corrected chi connectivity index (χ3v) is 4.31. The number of aliphatic hydroxyl groups is 1. The Balaban J connectivity index is 2.40. The minimum absolute atomic E-state index is 0.643. The first-order valence-corrected chi connectivity index (χ1v) is 8.35. The van der Waals surface area contributed by atoms with E-state index in [0.717, 1.165) is 30.8 Å². The zero-order chi connectivity index (χ0) is 16.7. The van der Waals surface area contributed by atoms with Gasteiger partial charge in [-0.2, -0.15) is 0 Å². The summed E-state index contributed by atoms with van der Waals surface area (Å²) in [4.78, 5) is 1.39. The van der Waals surface area contributed by atoms with Gasteiger partial charge in [0, 0.05) is 16.1 Å². The molecule has 1 atom stereocenters. The fourth-order valence-electron chi connectivity index (χ4n) is 2.48. The van der Waals surface area contributed by atoms with E-state index in [0.29, 0.717) is 5.02 Å². The number of benzene rings is 2. The first-order valence-electron chi connectivity index (χ1n) is 7.97. The molecule has 0 saturated heterocycles. The highest BCUT2D eigenvalue weighted by atomic mass is 35.5.